The fourth-order valence-corrected chi connectivity index (χ4v) is 0.884. The van der Waals surface area contributed by atoms with Gasteiger partial charge in [-0.1, -0.05) is 6.08 Å². The molecule has 0 atom stereocenters. The fraction of sp³-hybridized carbons (Fsp3) is 0.111. The Morgan fingerprint density at radius 1 is 1.62 bits per heavy atom. The molecular weight excluding hydrogens is 184 g/mol. The van der Waals surface area contributed by atoms with Crippen LogP contribution in [0.4, 0.5) is 0 Å². The minimum atomic E-state index is 0.339. The van der Waals surface area contributed by atoms with Crippen molar-refractivity contribution in [1.82, 2.24) is 10.3 Å². The Bertz CT molecular complexity index is 287. The molecule has 68 valence electrons. The molecule has 3 nitrogen and oxygen atoms in total. The van der Waals surface area contributed by atoms with Gasteiger partial charge in [-0.15, -0.1) is 6.58 Å². The molecule has 4 heteroatoms. The van der Waals surface area contributed by atoms with E-state index in [9.17, 15) is 0 Å². The van der Waals surface area contributed by atoms with E-state index in [4.69, 9.17) is 17.0 Å². The zero-order chi connectivity index (χ0) is 9.52. The van der Waals surface area contributed by atoms with Gasteiger partial charge in [-0.25, -0.2) is 0 Å². The number of hydrogen-bond acceptors (Lipinski definition) is 3. The van der Waals surface area contributed by atoms with Gasteiger partial charge in [-0.05, 0) is 24.4 Å². The van der Waals surface area contributed by atoms with Gasteiger partial charge in [0.15, 0.2) is 0 Å². The molecule has 0 radical (unpaired) electrons. The Balaban J connectivity index is 2.41. The molecule has 0 saturated carbocycles. The van der Waals surface area contributed by atoms with E-state index in [1.54, 1.807) is 30.6 Å². The number of ether oxygens (including phenoxy) is 1. The Labute approximate surface area is 82.4 Å². The van der Waals surface area contributed by atoms with Gasteiger partial charge in [-0.3, -0.25) is 4.98 Å². The third-order valence-corrected chi connectivity index (χ3v) is 1.48. The van der Waals surface area contributed by atoms with Crippen LogP contribution in [0.25, 0.3) is 0 Å². The van der Waals surface area contributed by atoms with Gasteiger partial charge in [-0.2, -0.15) is 0 Å². The topological polar surface area (TPSA) is 34.1 Å². The molecule has 0 aromatic carbocycles. The number of hydrogen-bond donors (Lipinski definition) is 1. The average molecular weight is 194 g/mol. The van der Waals surface area contributed by atoms with Gasteiger partial charge in [0.2, 0.25) is 0 Å². The van der Waals surface area contributed by atoms with E-state index in [1.807, 2.05) is 0 Å². The van der Waals surface area contributed by atoms with Crippen molar-refractivity contribution in [2.24, 2.45) is 0 Å². The first-order chi connectivity index (χ1) is 6.33. The molecule has 0 unspecified atom stereocenters. The predicted molar refractivity (Wildman–Crippen MR) is 55.7 cm³/mol. The van der Waals surface area contributed by atoms with Gasteiger partial charge in [0, 0.05) is 18.9 Å². The van der Waals surface area contributed by atoms with Crippen LogP contribution in [0.3, 0.4) is 0 Å². The van der Waals surface area contributed by atoms with Crippen molar-refractivity contribution >= 4 is 17.4 Å². The summed E-state index contributed by atoms with van der Waals surface area (Å²) in [5.74, 6) is 0.677. The highest BCUT2D eigenvalue weighted by Crippen LogP contribution is 2.06. The van der Waals surface area contributed by atoms with Crippen LogP contribution in [0.2, 0.25) is 0 Å². The van der Waals surface area contributed by atoms with Crippen molar-refractivity contribution < 1.29 is 4.74 Å². The number of nitrogens with zero attached hydrogens (tertiary/aromatic N) is 1. The highest BCUT2D eigenvalue weighted by Gasteiger charge is 1.96. The molecule has 0 aliphatic rings. The molecule has 0 spiro atoms. The van der Waals surface area contributed by atoms with Crippen LogP contribution in [0, 0.1) is 0 Å². The van der Waals surface area contributed by atoms with Crippen LogP contribution < -0.4 is 10.1 Å². The Kier molecular flexibility index (Phi) is 3.92. The van der Waals surface area contributed by atoms with E-state index in [1.165, 1.54) is 0 Å². The third-order valence-electron chi connectivity index (χ3n) is 1.25. The van der Waals surface area contributed by atoms with Crippen LogP contribution in [0.5, 0.6) is 5.75 Å². The van der Waals surface area contributed by atoms with E-state index in [0.717, 1.165) is 0 Å². The highest BCUT2D eigenvalue weighted by molar-refractivity contribution is 7.80. The Hall–Kier alpha value is -1.42. The fourth-order valence-electron chi connectivity index (χ4n) is 0.705. The van der Waals surface area contributed by atoms with Crippen LogP contribution in [-0.2, 0) is 0 Å². The Morgan fingerprint density at radius 3 is 2.92 bits per heavy atom. The Morgan fingerprint density at radius 2 is 2.31 bits per heavy atom. The molecule has 1 aromatic rings. The standard InChI is InChI=1S/C9H10N2OS/c1-2-5-11-9(13)12-8-3-6-10-7-4-8/h2-4,6-7H,1,5H2,(H,11,13). The lowest BCUT2D eigenvalue weighted by molar-refractivity contribution is 0.537. The van der Waals surface area contributed by atoms with Gasteiger partial charge in [0.25, 0.3) is 5.17 Å². The van der Waals surface area contributed by atoms with E-state index in [2.05, 4.69) is 16.9 Å². The summed E-state index contributed by atoms with van der Waals surface area (Å²) in [6.07, 6.45) is 5.00. The molecule has 1 heterocycles. The SMILES string of the molecule is C=CCNC(=S)Oc1ccncc1. The zero-order valence-corrected chi connectivity index (χ0v) is 7.88. The second-order valence-corrected chi connectivity index (χ2v) is 2.61. The molecule has 1 rings (SSSR count). The average Bonchev–Trinajstić information content (AvgIpc) is 2.16. The number of thiocarbonyl (C=S) groups is 1. The lowest BCUT2D eigenvalue weighted by Crippen LogP contribution is -2.26. The second kappa shape index (κ2) is 5.27. The maximum atomic E-state index is 5.25. The predicted octanol–water partition coefficient (Wildman–Crippen LogP) is 1.52. The van der Waals surface area contributed by atoms with Crippen molar-refractivity contribution in [3.8, 4) is 5.75 Å². The van der Waals surface area contributed by atoms with Crippen molar-refractivity contribution in [3.05, 3.63) is 37.2 Å². The molecule has 0 bridgehead atoms. The molecular formula is C9H10N2OS. The summed E-state index contributed by atoms with van der Waals surface area (Å²) >= 11 is 4.90. The molecule has 1 aromatic heterocycles. The maximum absolute atomic E-state index is 5.25. The summed E-state index contributed by atoms with van der Waals surface area (Å²) in [5.41, 5.74) is 0. The van der Waals surface area contributed by atoms with Crippen LogP contribution in [0.15, 0.2) is 37.2 Å². The monoisotopic (exact) mass is 194 g/mol. The first kappa shape index (κ1) is 9.67. The number of nitrogens with one attached hydrogen (secondary N) is 1. The molecule has 0 fully saturated rings. The van der Waals surface area contributed by atoms with Gasteiger partial charge in [0.05, 0.1) is 0 Å². The maximum Gasteiger partial charge on any atom is 0.262 e. The normalized spacial score (nSPS) is 8.92. The minimum Gasteiger partial charge on any atom is -0.432 e. The molecule has 0 aliphatic heterocycles. The second-order valence-electron chi connectivity index (χ2n) is 2.24. The van der Waals surface area contributed by atoms with E-state index in [-0.39, 0.29) is 0 Å². The van der Waals surface area contributed by atoms with E-state index < -0.39 is 0 Å². The van der Waals surface area contributed by atoms with Crippen molar-refractivity contribution in [3.63, 3.8) is 0 Å². The van der Waals surface area contributed by atoms with Crippen LogP contribution in [0.1, 0.15) is 0 Å². The summed E-state index contributed by atoms with van der Waals surface area (Å²) in [6.45, 7) is 4.15. The van der Waals surface area contributed by atoms with Crippen molar-refractivity contribution in [2.75, 3.05) is 6.54 Å². The van der Waals surface area contributed by atoms with Crippen molar-refractivity contribution in [2.45, 2.75) is 0 Å². The first-order valence-corrected chi connectivity index (χ1v) is 4.20. The molecule has 0 aliphatic carbocycles. The van der Waals surface area contributed by atoms with Gasteiger partial charge < -0.3 is 10.1 Å². The van der Waals surface area contributed by atoms with Crippen LogP contribution in [-0.4, -0.2) is 16.7 Å². The summed E-state index contributed by atoms with van der Waals surface area (Å²) in [6, 6.07) is 3.48. The highest BCUT2D eigenvalue weighted by atomic mass is 32.1. The summed E-state index contributed by atoms with van der Waals surface area (Å²) in [4.78, 5) is 3.85. The lowest BCUT2D eigenvalue weighted by atomic mass is 10.5. The molecule has 13 heavy (non-hydrogen) atoms. The van der Waals surface area contributed by atoms with E-state index >= 15 is 0 Å². The molecule has 0 amide bonds. The minimum absolute atomic E-state index is 0.339. The quantitative estimate of drug-likeness (QED) is 0.584. The number of rotatable bonds is 3. The lowest BCUT2D eigenvalue weighted by Gasteiger charge is -2.06. The molecule has 1 N–H and O–H groups in total. The number of pyridine rings is 1. The third kappa shape index (κ3) is 3.66. The smallest absolute Gasteiger partial charge is 0.262 e. The molecule has 0 saturated heterocycles. The first-order valence-electron chi connectivity index (χ1n) is 3.79. The van der Waals surface area contributed by atoms with Crippen LogP contribution >= 0.6 is 12.2 Å². The van der Waals surface area contributed by atoms with Crippen molar-refractivity contribution in [1.29, 1.82) is 0 Å². The summed E-state index contributed by atoms with van der Waals surface area (Å²) < 4.78 is 5.25. The zero-order valence-electron chi connectivity index (χ0n) is 7.06. The summed E-state index contributed by atoms with van der Waals surface area (Å²) in [5, 5.41) is 3.19. The summed E-state index contributed by atoms with van der Waals surface area (Å²) in [7, 11) is 0. The van der Waals surface area contributed by atoms with Gasteiger partial charge >= 0.3 is 0 Å². The van der Waals surface area contributed by atoms with E-state index in [0.29, 0.717) is 17.5 Å². The number of aromatic nitrogens is 1. The largest absolute Gasteiger partial charge is 0.432 e. The van der Waals surface area contributed by atoms with Gasteiger partial charge in [0.1, 0.15) is 5.75 Å².